The van der Waals surface area contributed by atoms with Crippen molar-refractivity contribution < 1.29 is 13.9 Å². The minimum atomic E-state index is -0.291. The largest absolute Gasteiger partial charge is 0.368 e. The zero-order valence-corrected chi connectivity index (χ0v) is 15.3. The van der Waals surface area contributed by atoms with Gasteiger partial charge in [-0.15, -0.1) is 0 Å². The summed E-state index contributed by atoms with van der Waals surface area (Å²) in [6.07, 6.45) is 7.16. The smallest absolute Gasteiger partial charge is 0.252 e. The quantitative estimate of drug-likeness (QED) is 0.880. The number of benzene rings is 1. The number of likely N-dealkylation sites (tertiary alicyclic amines) is 1. The van der Waals surface area contributed by atoms with E-state index in [4.69, 9.17) is 4.74 Å². The maximum absolute atomic E-state index is 13.8. The molecule has 3 heterocycles. The highest BCUT2D eigenvalue weighted by molar-refractivity contribution is 5.82. The number of hydrogen-bond donors (Lipinski definition) is 1. The fourth-order valence-electron chi connectivity index (χ4n) is 4.88. The maximum Gasteiger partial charge on any atom is 0.252 e. The first-order valence-corrected chi connectivity index (χ1v) is 10.1. The fraction of sp³-hybridized carbons (Fsp3) is 0.667. The lowest BCUT2D eigenvalue weighted by atomic mass is 9.88. The predicted octanol–water partition coefficient (Wildman–Crippen LogP) is 3.22. The number of carbonyl (C=O) groups is 1. The summed E-state index contributed by atoms with van der Waals surface area (Å²) in [6.45, 7) is 2.31. The molecule has 4 nitrogen and oxygen atoms in total. The number of nitrogens with zero attached hydrogens (tertiary/aromatic N) is 1. The summed E-state index contributed by atoms with van der Waals surface area (Å²) in [5.74, 6) is 0.0765. The Labute approximate surface area is 155 Å². The normalized spacial score (nSPS) is 32.6. The van der Waals surface area contributed by atoms with Crippen LogP contribution in [0, 0.1) is 5.82 Å². The van der Waals surface area contributed by atoms with Gasteiger partial charge in [0.05, 0.1) is 0 Å². The Kier molecular flexibility index (Phi) is 5.55. The number of rotatable bonds is 2. The van der Waals surface area contributed by atoms with Crippen molar-refractivity contribution >= 4 is 5.91 Å². The lowest BCUT2D eigenvalue weighted by Crippen LogP contribution is -2.50. The predicted molar refractivity (Wildman–Crippen MR) is 98.5 cm³/mol. The number of nitrogens with one attached hydrogen (secondary N) is 1. The van der Waals surface area contributed by atoms with Gasteiger partial charge in [0.1, 0.15) is 11.9 Å². The highest BCUT2D eigenvalue weighted by Crippen LogP contribution is 2.36. The molecule has 3 fully saturated rings. The van der Waals surface area contributed by atoms with Crippen molar-refractivity contribution in [3.63, 3.8) is 0 Å². The van der Waals surface area contributed by atoms with Crippen LogP contribution in [0.25, 0.3) is 0 Å². The van der Waals surface area contributed by atoms with Crippen LogP contribution in [0.4, 0.5) is 4.39 Å². The minimum Gasteiger partial charge on any atom is -0.368 e. The molecule has 1 aromatic rings. The summed E-state index contributed by atoms with van der Waals surface area (Å²) in [4.78, 5) is 15.2. The minimum absolute atomic E-state index is 0.140. The molecular weight excluding hydrogens is 331 g/mol. The Balaban J connectivity index is 1.60. The van der Waals surface area contributed by atoms with Crippen LogP contribution in [-0.2, 0) is 9.53 Å². The molecule has 0 saturated carbocycles. The first-order valence-electron chi connectivity index (χ1n) is 10.1. The molecule has 1 amide bonds. The van der Waals surface area contributed by atoms with E-state index < -0.39 is 0 Å². The highest BCUT2D eigenvalue weighted by atomic mass is 19.1. The van der Waals surface area contributed by atoms with Crippen LogP contribution >= 0.6 is 0 Å². The second kappa shape index (κ2) is 8.05. The van der Waals surface area contributed by atoms with Crippen LogP contribution in [0.3, 0.4) is 0 Å². The number of amides is 1. The third kappa shape index (κ3) is 3.65. The average molecular weight is 360 g/mol. The standard InChI is InChI=1S/C21H29FN2O2/c22-16-8-6-7-15(13-16)17-14-24(21(25)19-10-3-5-12-26-19)18-9-2-1-4-11-23-20(17)18/h6-8,13,17-20,23H,1-5,9-12,14H2/t17-,18+,19?,20-/m0/s1. The molecular formula is C21H29FN2O2. The van der Waals surface area contributed by atoms with Gasteiger partial charge in [0.25, 0.3) is 5.91 Å². The molecule has 4 atom stereocenters. The Bertz CT molecular complexity index is 632. The van der Waals surface area contributed by atoms with E-state index in [-0.39, 0.29) is 35.8 Å². The zero-order chi connectivity index (χ0) is 17.9. The van der Waals surface area contributed by atoms with Crippen molar-refractivity contribution in [3.05, 3.63) is 35.6 Å². The van der Waals surface area contributed by atoms with E-state index in [0.29, 0.717) is 13.2 Å². The highest BCUT2D eigenvalue weighted by Gasteiger charge is 2.46. The fourth-order valence-corrected chi connectivity index (χ4v) is 4.88. The summed E-state index contributed by atoms with van der Waals surface area (Å²) in [7, 11) is 0. The van der Waals surface area contributed by atoms with Gasteiger partial charge in [-0.1, -0.05) is 25.0 Å². The van der Waals surface area contributed by atoms with Crippen LogP contribution in [0.2, 0.25) is 0 Å². The lowest BCUT2D eigenvalue weighted by molar-refractivity contribution is -0.147. The Morgan fingerprint density at radius 2 is 2.04 bits per heavy atom. The summed E-state index contributed by atoms with van der Waals surface area (Å²) < 4.78 is 19.6. The molecule has 26 heavy (non-hydrogen) atoms. The summed E-state index contributed by atoms with van der Waals surface area (Å²) in [6, 6.07) is 7.27. The monoisotopic (exact) mass is 360 g/mol. The molecule has 5 heteroatoms. The second-order valence-corrected chi connectivity index (χ2v) is 7.90. The first kappa shape index (κ1) is 17.9. The Hall–Kier alpha value is -1.46. The SMILES string of the molecule is O=C(C1CCCCO1)N1C[C@@H](c2cccc(F)c2)[C@@H]2NCCCCC[C@H]21. The van der Waals surface area contributed by atoms with Gasteiger partial charge in [0.15, 0.2) is 0 Å². The van der Waals surface area contributed by atoms with E-state index in [1.807, 2.05) is 6.07 Å². The molecule has 4 rings (SSSR count). The molecule has 142 valence electrons. The second-order valence-electron chi connectivity index (χ2n) is 7.90. The number of halogens is 1. The van der Waals surface area contributed by atoms with Gasteiger partial charge in [-0.25, -0.2) is 4.39 Å². The van der Waals surface area contributed by atoms with Crippen molar-refractivity contribution in [1.29, 1.82) is 0 Å². The number of ether oxygens (including phenoxy) is 1. The van der Waals surface area contributed by atoms with Gasteiger partial charge in [0, 0.05) is 31.2 Å². The van der Waals surface area contributed by atoms with E-state index in [2.05, 4.69) is 10.2 Å². The van der Waals surface area contributed by atoms with E-state index in [0.717, 1.165) is 44.2 Å². The molecule has 0 radical (unpaired) electrons. The third-order valence-electron chi connectivity index (χ3n) is 6.21. The van der Waals surface area contributed by atoms with Crippen molar-refractivity contribution in [1.82, 2.24) is 10.2 Å². The number of carbonyl (C=O) groups excluding carboxylic acids is 1. The van der Waals surface area contributed by atoms with Crippen LogP contribution in [0.1, 0.15) is 56.4 Å². The van der Waals surface area contributed by atoms with Crippen molar-refractivity contribution in [3.8, 4) is 0 Å². The van der Waals surface area contributed by atoms with Crippen LogP contribution < -0.4 is 5.32 Å². The van der Waals surface area contributed by atoms with Crippen LogP contribution in [-0.4, -0.2) is 48.7 Å². The van der Waals surface area contributed by atoms with E-state index in [1.165, 1.54) is 18.9 Å². The third-order valence-corrected chi connectivity index (χ3v) is 6.21. The summed E-state index contributed by atoms with van der Waals surface area (Å²) >= 11 is 0. The molecule has 3 aliphatic rings. The Morgan fingerprint density at radius 1 is 1.15 bits per heavy atom. The van der Waals surface area contributed by atoms with E-state index in [1.54, 1.807) is 12.1 Å². The summed E-state index contributed by atoms with van der Waals surface area (Å²) in [5.41, 5.74) is 0.993. The number of hydrogen-bond acceptors (Lipinski definition) is 3. The molecule has 0 bridgehead atoms. The van der Waals surface area contributed by atoms with Gasteiger partial charge in [-0.05, 0) is 56.3 Å². The summed E-state index contributed by atoms with van der Waals surface area (Å²) in [5, 5.41) is 3.68. The molecule has 1 N–H and O–H groups in total. The van der Waals surface area contributed by atoms with Crippen LogP contribution in [0.5, 0.6) is 0 Å². The van der Waals surface area contributed by atoms with Crippen molar-refractivity contribution in [2.24, 2.45) is 0 Å². The van der Waals surface area contributed by atoms with Gasteiger partial charge in [-0.3, -0.25) is 4.79 Å². The molecule has 1 aromatic carbocycles. The number of fused-ring (bicyclic) bond motifs is 1. The van der Waals surface area contributed by atoms with Gasteiger partial charge in [-0.2, -0.15) is 0 Å². The first-order chi connectivity index (χ1) is 12.7. The zero-order valence-electron chi connectivity index (χ0n) is 15.3. The van der Waals surface area contributed by atoms with Crippen LogP contribution in [0.15, 0.2) is 24.3 Å². The Morgan fingerprint density at radius 3 is 2.85 bits per heavy atom. The van der Waals surface area contributed by atoms with Crippen molar-refractivity contribution in [2.75, 3.05) is 19.7 Å². The molecule has 1 unspecified atom stereocenters. The molecule has 0 aromatic heterocycles. The molecule has 0 aliphatic carbocycles. The molecule has 3 saturated heterocycles. The topological polar surface area (TPSA) is 41.6 Å². The van der Waals surface area contributed by atoms with Gasteiger partial charge >= 0.3 is 0 Å². The van der Waals surface area contributed by atoms with E-state index in [9.17, 15) is 9.18 Å². The lowest BCUT2D eigenvalue weighted by Gasteiger charge is -2.34. The van der Waals surface area contributed by atoms with Gasteiger partial charge < -0.3 is 15.0 Å². The van der Waals surface area contributed by atoms with Gasteiger partial charge in [0.2, 0.25) is 0 Å². The molecule has 3 aliphatic heterocycles. The average Bonchev–Trinajstić information content (AvgIpc) is 2.99. The maximum atomic E-state index is 13.8. The van der Waals surface area contributed by atoms with E-state index >= 15 is 0 Å². The molecule has 0 spiro atoms. The van der Waals surface area contributed by atoms with Crippen molar-refractivity contribution in [2.45, 2.75) is 69.1 Å².